The van der Waals surface area contributed by atoms with Gasteiger partial charge >= 0.3 is 0 Å². The molecule has 0 spiro atoms. The maximum atomic E-state index is 13.4. The molecule has 0 aliphatic carbocycles. The lowest BCUT2D eigenvalue weighted by Crippen LogP contribution is -2.23. The van der Waals surface area contributed by atoms with Crippen molar-refractivity contribution in [3.63, 3.8) is 0 Å². The number of rotatable bonds is 4. The molecule has 0 radical (unpaired) electrons. The van der Waals surface area contributed by atoms with Gasteiger partial charge in [-0.2, -0.15) is 0 Å². The molecule has 0 aliphatic heterocycles. The van der Waals surface area contributed by atoms with Gasteiger partial charge in [-0.1, -0.05) is 36.4 Å². The fourth-order valence-electron chi connectivity index (χ4n) is 1.75. The van der Waals surface area contributed by atoms with E-state index in [0.29, 0.717) is 12.4 Å². The van der Waals surface area contributed by atoms with Crippen LogP contribution in [0, 0.1) is 5.82 Å². The first-order valence-electron chi connectivity index (χ1n) is 5.87. The molecule has 0 saturated heterocycles. The maximum absolute atomic E-state index is 13.4. The van der Waals surface area contributed by atoms with Gasteiger partial charge in [-0.3, -0.25) is 4.79 Å². The highest BCUT2D eigenvalue weighted by molar-refractivity contribution is 6.17. The Hall–Kier alpha value is -1.87. The first-order valence-corrected chi connectivity index (χ1v) is 6.40. The van der Waals surface area contributed by atoms with Crippen molar-refractivity contribution in [3.8, 4) is 0 Å². The van der Waals surface area contributed by atoms with E-state index in [4.69, 9.17) is 11.6 Å². The van der Waals surface area contributed by atoms with Crippen molar-refractivity contribution in [1.82, 2.24) is 5.32 Å². The molecule has 2 aromatic rings. The third-order valence-electron chi connectivity index (χ3n) is 2.72. The zero-order chi connectivity index (χ0) is 13.7. The predicted octanol–water partition coefficient (Wildman–Crippen LogP) is 3.49. The molecule has 0 aliphatic rings. The van der Waals surface area contributed by atoms with Crippen LogP contribution in [0.25, 0.3) is 0 Å². The lowest BCUT2D eigenvalue weighted by Gasteiger charge is -2.07. The Morgan fingerprint density at radius 2 is 1.84 bits per heavy atom. The van der Waals surface area contributed by atoms with Crippen LogP contribution in [0.5, 0.6) is 0 Å². The molecule has 2 rings (SSSR count). The van der Waals surface area contributed by atoms with Crippen LogP contribution in [-0.2, 0) is 12.4 Å². The topological polar surface area (TPSA) is 29.1 Å². The van der Waals surface area contributed by atoms with Crippen LogP contribution in [-0.4, -0.2) is 5.91 Å². The molecule has 0 heterocycles. The molecule has 0 saturated carbocycles. The zero-order valence-corrected chi connectivity index (χ0v) is 11.0. The fourth-order valence-corrected chi connectivity index (χ4v) is 1.91. The van der Waals surface area contributed by atoms with Crippen molar-refractivity contribution in [2.45, 2.75) is 12.4 Å². The lowest BCUT2D eigenvalue weighted by molar-refractivity contribution is 0.0947. The highest BCUT2D eigenvalue weighted by atomic mass is 35.5. The van der Waals surface area contributed by atoms with Crippen LogP contribution in [0.3, 0.4) is 0 Å². The minimum atomic E-state index is -0.519. The van der Waals surface area contributed by atoms with Crippen LogP contribution >= 0.6 is 11.6 Å². The normalized spacial score (nSPS) is 10.2. The third kappa shape index (κ3) is 3.55. The average molecular weight is 278 g/mol. The summed E-state index contributed by atoms with van der Waals surface area (Å²) in [6.07, 6.45) is 0. The van der Waals surface area contributed by atoms with Crippen molar-refractivity contribution in [2.24, 2.45) is 0 Å². The molecule has 1 amide bonds. The molecule has 98 valence electrons. The van der Waals surface area contributed by atoms with Crippen molar-refractivity contribution in [1.29, 1.82) is 0 Å². The van der Waals surface area contributed by atoms with Crippen molar-refractivity contribution >= 4 is 17.5 Å². The van der Waals surface area contributed by atoms with Gasteiger partial charge in [0.15, 0.2) is 0 Å². The zero-order valence-electron chi connectivity index (χ0n) is 10.2. The number of nitrogens with one attached hydrogen (secondary N) is 1. The van der Waals surface area contributed by atoms with Crippen LogP contribution < -0.4 is 5.32 Å². The fraction of sp³-hybridized carbons (Fsp3) is 0.133. The quantitative estimate of drug-likeness (QED) is 0.852. The van der Waals surface area contributed by atoms with Gasteiger partial charge in [0, 0.05) is 12.4 Å². The summed E-state index contributed by atoms with van der Waals surface area (Å²) in [5.74, 6) is -0.515. The van der Waals surface area contributed by atoms with E-state index < -0.39 is 11.7 Å². The molecule has 0 aromatic heterocycles. The first-order chi connectivity index (χ1) is 9.20. The lowest BCUT2D eigenvalue weighted by atomic mass is 10.1. The number of alkyl halides is 1. The van der Waals surface area contributed by atoms with E-state index in [-0.39, 0.29) is 5.56 Å². The van der Waals surface area contributed by atoms with Gasteiger partial charge in [-0.05, 0) is 23.3 Å². The first kappa shape index (κ1) is 13.6. The van der Waals surface area contributed by atoms with Crippen molar-refractivity contribution < 1.29 is 9.18 Å². The molecule has 0 unspecified atom stereocenters. The van der Waals surface area contributed by atoms with Crippen LogP contribution in [0.1, 0.15) is 21.5 Å². The van der Waals surface area contributed by atoms with Crippen LogP contribution in [0.2, 0.25) is 0 Å². The molecule has 2 aromatic carbocycles. The monoisotopic (exact) mass is 277 g/mol. The number of hydrogen-bond acceptors (Lipinski definition) is 1. The summed E-state index contributed by atoms with van der Waals surface area (Å²) in [6.45, 7) is 0.345. The summed E-state index contributed by atoms with van der Waals surface area (Å²) in [7, 11) is 0. The van der Waals surface area contributed by atoms with Crippen molar-refractivity contribution in [2.75, 3.05) is 0 Å². The summed E-state index contributed by atoms with van der Waals surface area (Å²) in [6, 6.07) is 13.5. The van der Waals surface area contributed by atoms with Gasteiger partial charge in [0.05, 0.1) is 5.56 Å². The Bertz CT molecular complexity index is 586. The second-order valence-corrected chi connectivity index (χ2v) is 4.38. The Morgan fingerprint density at radius 1 is 1.11 bits per heavy atom. The summed E-state index contributed by atoms with van der Waals surface area (Å²) in [5, 5.41) is 2.69. The van der Waals surface area contributed by atoms with Crippen molar-refractivity contribution in [3.05, 3.63) is 71.0 Å². The van der Waals surface area contributed by atoms with Gasteiger partial charge in [0.1, 0.15) is 5.82 Å². The molecule has 0 atom stereocenters. The third-order valence-corrected chi connectivity index (χ3v) is 3.03. The number of halogens is 2. The number of carbonyl (C=O) groups is 1. The van der Waals surface area contributed by atoms with E-state index in [1.807, 2.05) is 24.3 Å². The van der Waals surface area contributed by atoms with E-state index in [1.54, 1.807) is 12.1 Å². The predicted molar refractivity (Wildman–Crippen MR) is 73.6 cm³/mol. The van der Waals surface area contributed by atoms with Gasteiger partial charge < -0.3 is 5.32 Å². The Labute approximate surface area is 116 Å². The van der Waals surface area contributed by atoms with E-state index in [1.165, 1.54) is 12.1 Å². The number of benzene rings is 2. The Morgan fingerprint density at radius 3 is 2.58 bits per heavy atom. The second kappa shape index (κ2) is 6.34. The molecule has 4 heteroatoms. The average Bonchev–Trinajstić information content (AvgIpc) is 2.45. The summed E-state index contributed by atoms with van der Waals surface area (Å²) in [4.78, 5) is 11.8. The SMILES string of the molecule is O=C(NCc1cccc(CCl)c1)c1ccccc1F. The Balaban J connectivity index is 2.02. The molecular formula is C15H13ClFNO. The molecular weight excluding hydrogens is 265 g/mol. The Kier molecular flexibility index (Phi) is 4.53. The molecule has 19 heavy (non-hydrogen) atoms. The minimum absolute atomic E-state index is 0.0518. The van der Waals surface area contributed by atoms with Gasteiger partial charge in [-0.25, -0.2) is 4.39 Å². The van der Waals surface area contributed by atoms with E-state index in [2.05, 4.69) is 5.32 Å². The molecule has 0 bridgehead atoms. The summed E-state index contributed by atoms with van der Waals surface area (Å²) >= 11 is 5.74. The highest BCUT2D eigenvalue weighted by Gasteiger charge is 2.09. The molecule has 0 fully saturated rings. The van der Waals surface area contributed by atoms with Gasteiger partial charge in [0.25, 0.3) is 5.91 Å². The maximum Gasteiger partial charge on any atom is 0.254 e. The largest absolute Gasteiger partial charge is 0.348 e. The number of amides is 1. The van der Waals surface area contributed by atoms with Gasteiger partial charge in [0.2, 0.25) is 0 Å². The van der Waals surface area contributed by atoms with E-state index in [0.717, 1.165) is 11.1 Å². The number of carbonyl (C=O) groups excluding carboxylic acids is 1. The minimum Gasteiger partial charge on any atom is -0.348 e. The highest BCUT2D eigenvalue weighted by Crippen LogP contribution is 2.09. The second-order valence-electron chi connectivity index (χ2n) is 4.12. The molecule has 2 nitrogen and oxygen atoms in total. The number of hydrogen-bond donors (Lipinski definition) is 1. The summed E-state index contributed by atoms with van der Waals surface area (Å²) < 4.78 is 13.4. The van der Waals surface area contributed by atoms with E-state index in [9.17, 15) is 9.18 Å². The van der Waals surface area contributed by atoms with Gasteiger partial charge in [-0.15, -0.1) is 11.6 Å². The van der Waals surface area contributed by atoms with E-state index >= 15 is 0 Å². The van der Waals surface area contributed by atoms with Crippen LogP contribution in [0.4, 0.5) is 4.39 Å². The smallest absolute Gasteiger partial charge is 0.254 e. The standard InChI is InChI=1S/C15H13ClFNO/c16-9-11-4-3-5-12(8-11)10-18-15(19)13-6-1-2-7-14(13)17/h1-8H,9-10H2,(H,18,19). The summed E-state index contributed by atoms with van der Waals surface area (Å²) in [5.41, 5.74) is 1.97. The van der Waals surface area contributed by atoms with Crippen LogP contribution in [0.15, 0.2) is 48.5 Å². The molecule has 1 N–H and O–H groups in total.